The summed E-state index contributed by atoms with van der Waals surface area (Å²) in [5, 5.41) is 4.78. The SMILES string of the molecule is CCC1=Nc2cccc3c2C1c1c(cccc1-c1c2ccccc2c(-c2ccc(-c4ccccc4)cc2)c2ccccc12)C3=O. The average Bonchev–Trinajstić information content (AvgIpc) is 3.49. The summed E-state index contributed by atoms with van der Waals surface area (Å²) in [5.41, 5.74) is 12.9. The van der Waals surface area contributed by atoms with Gasteiger partial charge in [0.15, 0.2) is 5.78 Å². The van der Waals surface area contributed by atoms with Gasteiger partial charge in [-0.1, -0.05) is 140 Å². The van der Waals surface area contributed by atoms with Crippen LogP contribution >= 0.6 is 0 Å². The monoisotopic (exact) mass is 575 g/mol. The minimum Gasteiger partial charge on any atom is -0.289 e. The number of hydrogen-bond donors (Lipinski definition) is 0. The van der Waals surface area contributed by atoms with Gasteiger partial charge in [-0.2, -0.15) is 0 Å². The normalized spacial score (nSPS) is 14.8. The Labute approximate surface area is 262 Å². The van der Waals surface area contributed by atoms with E-state index in [-0.39, 0.29) is 11.7 Å². The number of carbonyl (C=O) groups is 1. The van der Waals surface area contributed by atoms with Gasteiger partial charge in [0.2, 0.25) is 0 Å². The van der Waals surface area contributed by atoms with Gasteiger partial charge in [0, 0.05) is 22.4 Å². The quantitative estimate of drug-likeness (QED) is 0.192. The van der Waals surface area contributed by atoms with E-state index in [1.54, 1.807) is 0 Å². The molecule has 1 unspecified atom stereocenters. The zero-order chi connectivity index (χ0) is 30.1. The summed E-state index contributed by atoms with van der Waals surface area (Å²) >= 11 is 0. The molecule has 45 heavy (non-hydrogen) atoms. The van der Waals surface area contributed by atoms with Gasteiger partial charge in [-0.15, -0.1) is 0 Å². The predicted molar refractivity (Wildman–Crippen MR) is 187 cm³/mol. The van der Waals surface area contributed by atoms with E-state index in [0.717, 1.165) is 45.6 Å². The van der Waals surface area contributed by atoms with E-state index in [2.05, 4.69) is 128 Å². The van der Waals surface area contributed by atoms with Gasteiger partial charge < -0.3 is 0 Å². The summed E-state index contributed by atoms with van der Waals surface area (Å²) in [4.78, 5) is 19.1. The fraction of sp³-hybridized carbons (Fsp3) is 0.0698. The van der Waals surface area contributed by atoms with Crippen molar-refractivity contribution in [2.45, 2.75) is 19.3 Å². The fourth-order valence-corrected chi connectivity index (χ4v) is 7.76. The Balaban J connectivity index is 1.33. The van der Waals surface area contributed by atoms with Crippen molar-refractivity contribution >= 4 is 38.7 Å². The molecular formula is C43H29NO. The molecule has 2 nitrogen and oxygen atoms in total. The lowest BCUT2D eigenvalue weighted by molar-refractivity contribution is 0.103. The van der Waals surface area contributed by atoms with Gasteiger partial charge in [0.25, 0.3) is 0 Å². The number of hydrogen-bond acceptors (Lipinski definition) is 2. The van der Waals surface area contributed by atoms with E-state index in [1.165, 1.54) is 49.4 Å². The van der Waals surface area contributed by atoms with Crippen LogP contribution in [0.5, 0.6) is 0 Å². The molecule has 9 rings (SSSR count). The second-order valence-electron chi connectivity index (χ2n) is 12.0. The molecule has 2 heteroatoms. The lowest BCUT2D eigenvalue weighted by Gasteiger charge is -2.29. The lowest BCUT2D eigenvalue weighted by Crippen LogP contribution is -2.23. The Morgan fingerprint density at radius 2 is 1.00 bits per heavy atom. The van der Waals surface area contributed by atoms with Crippen LogP contribution in [0.2, 0.25) is 0 Å². The van der Waals surface area contributed by atoms with E-state index in [0.29, 0.717) is 0 Å². The summed E-state index contributed by atoms with van der Waals surface area (Å²) in [6, 6.07) is 49.2. The van der Waals surface area contributed by atoms with Gasteiger partial charge in [0.05, 0.1) is 11.6 Å². The molecule has 0 amide bonds. The maximum atomic E-state index is 14.1. The van der Waals surface area contributed by atoms with Crippen LogP contribution in [0, 0.1) is 0 Å². The first-order valence-corrected chi connectivity index (χ1v) is 15.7. The van der Waals surface area contributed by atoms with Crippen molar-refractivity contribution in [3.8, 4) is 33.4 Å². The summed E-state index contributed by atoms with van der Waals surface area (Å²) in [5.74, 6) is 0.0732. The fourth-order valence-electron chi connectivity index (χ4n) is 7.76. The first kappa shape index (κ1) is 25.9. The molecule has 0 bridgehead atoms. The molecule has 1 aliphatic heterocycles. The van der Waals surface area contributed by atoms with Crippen LogP contribution < -0.4 is 0 Å². The van der Waals surface area contributed by atoms with Crippen molar-refractivity contribution in [2.75, 3.05) is 0 Å². The number of benzene rings is 7. The first-order valence-electron chi connectivity index (χ1n) is 15.7. The predicted octanol–water partition coefficient (Wildman–Crippen LogP) is 11.2. The van der Waals surface area contributed by atoms with Crippen LogP contribution in [0.3, 0.4) is 0 Å². The zero-order valence-electron chi connectivity index (χ0n) is 24.9. The van der Waals surface area contributed by atoms with Gasteiger partial charge >= 0.3 is 0 Å². The molecule has 7 aromatic rings. The zero-order valence-corrected chi connectivity index (χ0v) is 24.9. The number of nitrogens with zero attached hydrogens (tertiary/aromatic N) is 1. The van der Waals surface area contributed by atoms with E-state index >= 15 is 0 Å². The number of carbonyl (C=O) groups excluding carboxylic acids is 1. The van der Waals surface area contributed by atoms with E-state index < -0.39 is 0 Å². The molecule has 0 N–H and O–H groups in total. The summed E-state index contributed by atoms with van der Waals surface area (Å²) in [6.07, 6.45) is 0.833. The van der Waals surface area contributed by atoms with Gasteiger partial charge in [-0.3, -0.25) is 9.79 Å². The van der Waals surface area contributed by atoms with Crippen molar-refractivity contribution in [2.24, 2.45) is 4.99 Å². The molecular weight excluding hydrogens is 546 g/mol. The second kappa shape index (κ2) is 9.97. The third kappa shape index (κ3) is 3.76. The molecule has 1 heterocycles. The molecule has 1 atom stereocenters. The number of fused-ring (bicyclic) bond motifs is 4. The molecule has 0 spiro atoms. The maximum Gasteiger partial charge on any atom is 0.193 e. The highest BCUT2D eigenvalue weighted by Gasteiger charge is 2.40. The highest BCUT2D eigenvalue weighted by molar-refractivity contribution is 6.24. The smallest absolute Gasteiger partial charge is 0.193 e. The van der Waals surface area contributed by atoms with Crippen LogP contribution in [-0.4, -0.2) is 11.5 Å². The Bertz CT molecular complexity index is 2310. The summed E-state index contributed by atoms with van der Waals surface area (Å²) < 4.78 is 0. The summed E-state index contributed by atoms with van der Waals surface area (Å²) in [7, 11) is 0. The molecule has 0 aromatic heterocycles. The molecule has 2 aliphatic rings. The van der Waals surface area contributed by atoms with E-state index in [9.17, 15) is 4.79 Å². The third-order valence-electron chi connectivity index (χ3n) is 9.70. The Morgan fingerprint density at radius 1 is 0.489 bits per heavy atom. The topological polar surface area (TPSA) is 29.4 Å². The molecule has 7 aromatic carbocycles. The van der Waals surface area contributed by atoms with Gasteiger partial charge in [-0.05, 0) is 73.0 Å². The Morgan fingerprint density at radius 3 is 1.64 bits per heavy atom. The van der Waals surface area contributed by atoms with Gasteiger partial charge in [0.1, 0.15) is 0 Å². The van der Waals surface area contributed by atoms with Crippen LogP contribution in [0.25, 0.3) is 54.9 Å². The molecule has 0 radical (unpaired) electrons. The number of aliphatic imine (C=N–C) groups is 1. The second-order valence-corrected chi connectivity index (χ2v) is 12.0. The largest absolute Gasteiger partial charge is 0.289 e. The molecule has 212 valence electrons. The maximum absolute atomic E-state index is 14.1. The number of rotatable bonds is 4. The minimum atomic E-state index is -0.0205. The van der Waals surface area contributed by atoms with E-state index in [1.807, 2.05) is 18.2 Å². The van der Waals surface area contributed by atoms with Crippen molar-refractivity contribution in [3.05, 3.63) is 162 Å². The summed E-state index contributed by atoms with van der Waals surface area (Å²) in [6.45, 7) is 2.17. The van der Waals surface area contributed by atoms with E-state index in [4.69, 9.17) is 4.99 Å². The first-order chi connectivity index (χ1) is 22.2. The van der Waals surface area contributed by atoms with Crippen molar-refractivity contribution in [1.82, 2.24) is 0 Å². The molecule has 0 fully saturated rings. The van der Waals surface area contributed by atoms with Gasteiger partial charge in [-0.25, -0.2) is 0 Å². The Hall–Kier alpha value is -5.60. The standard InChI is InChI=1S/C43H29NO/c1-2-36-42-40-33(18-10-19-34(40)43(45)35-20-11-21-37(44-36)41(35)42)39-31-16-8-6-14-29(31)38(30-15-7-9-17-32(30)39)28-24-22-27(23-25-28)26-12-4-3-5-13-26/h3-25,42H,2H2,1H3. The molecule has 1 aliphatic carbocycles. The van der Waals surface area contributed by atoms with Crippen molar-refractivity contribution in [1.29, 1.82) is 0 Å². The van der Waals surface area contributed by atoms with Crippen LogP contribution in [0.4, 0.5) is 5.69 Å². The van der Waals surface area contributed by atoms with Crippen LogP contribution in [0.1, 0.15) is 46.3 Å². The minimum absolute atomic E-state index is 0.0205. The van der Waals surface area contributed by atoms with Crippen LogP contribution in [0.15, 0.2) is 145 Å². The van der Waals surface area contributed by atoms with Crippen LogP contribution in [-0.2, 0) is 0 Å². The lowest BCUT2D eigenvalue weighted by atomic mass is 9.72. The van der Waals surface area contributed by atoms with Crippen molar-refractivity contribution < 1.29 is 4.79 Å². The highest BCUT2D eigenvalue weighted by Crippen LogP contribution is 2.52. The average molecular weight is 576 g/mol. The number of ketones is 1. The highest BCUT2D eigenvalue weighted by atomic mass is 16.1. The molecule has 0 saturated heterocycles. The van der Waals surface area contributed by atoms with Crippen molar-refractivity contribution in [3.63, 3.8) is 0 Å². The third-order valence-corrected chi connectivity index (χ3v) is 9.70. The Kier molecular flexibility index (Phi) is 5.73. The molecule has 0 saturated carbocycles.